The minimum Gasteiger partial charge on any atom is -0.468 e. The number of ether oxygens (including phenoxy) is 2. The molecule has 6 heteroatoms. The van der Waals surface area contributed by atoms with Crippen LogP contribution in [0.3, 0.4) is 0 Å². The van der Waals surface area contributed by atoms with E-state index in [1.165, 1.54) is 14.2 Å². The fourth-order valence-corrected chi connectivity index (χ4v) is 2.71. The first-order chi connectivity index (χ1) is 10.00. The highest BCUT2D eigenvalue weighted by Crippen LogP contribution is 2.28. The molecule has 0 radical (unpaired) electrons. The lowest BCUT2D eigenvalue weighted by Crippen LogP contribution is -2.50. The molecule has 0 unspecified atom stereocenters. The van der Waals surface area contributed by atoms with E-state index in [1.54, 1.807) is 0 Å². The lowest BCUT2D eigenvalue weighted by atomic mass is 9.97. The third-order valence-corrected chi connectivity index (χ3v) is 3.78. The van der Waals surface area contributed by atoms with Crippen molar-refractivity contribution in [1.29, 1.82) is 0 Å². The quantitative estimate of drug-likeness (QED) is 0.804. The van der Waals surface area contributed by atoms with E-state index in [2.05, 4.69) is 0 Å². The number of hydrogen-bond acceptors (Lipinski definition) is 6. The van der Waals surface area contributed by atoms with Gasteiger partial charge in [0.25, 0.3) is 0 Å². The fourth-order valence-electron chi connectivity index (χ4n) is 2.71. The van der Waals surface area contributed by atoms with Crippen molar-refractivity contribution in [2.45, 2.75) is 24.5 Å². The molecular weight excluding hydrogens is 272 g/mol. The lowest BCUT2D eigenvalue weighted by molar-refractivity contribution is -0.146. The van der Waals surface area contributed by atoms with Crippen LogP contribution in [0.25, 0.3) is 0 Å². The van der Waals surface area contributed by atoms with Crippen molar-refractivity contribution in [3.63, 3.8) is 0 Å². The van der Waals surface area contributed by atoms with Gasteiger partial charge in [0.15, 0.2) is 0 Å². The molecule has 21 heavy (non-hydrogen) atoms. The topological polar surface area (TPSA) is 81.9 Å². The normalized spacial score (nSPS) is 25.6. The molecule has 1 fully saturated rings. The predicted octanol–water partition coefficient (Wildman–Crippen LogP) is 0.304. The number of hydrogen-bond donors (Lipinski definition) is 1. The second-order valence-electron chi connectivity index (χ2n) is 5.28. The van der Waals surface area contributed by atoms with Crippen LogP contribution >= 0.6 is 0 Å². The van der Waals surface area contributed by atoms with Crippen molar-refractivity contribution < 1.29 is 19.1 Å². The van der Waals surface area contributed by atoms with E-state index in [4.69, 9.17) is 15.2 Å². The molecule has 1 heterocycles. The molecule has 0 aromatic heterocycles. The van der Waals surface area contributed by atoms with Crippen molar-refractivity contribution in [2.24, 2.45) is 5.73 Å². The van der Waals surface area contributed by atoms with Crippen LogP contribution in [0.4, 0.5) is 0 Å². The molecule has 0 aliphatic carbocycles. The Bertz CT molecular complexity index is 520. The number of methoxy groups -OCH3 is 2. The van der Waals surface area contributed by atoms with Crippen LogP contribution < -0.4 is 5.73 Å². The van der Waals surface area contributed by atoms with Crippen LogP contribution in [0, 0.1) is 0 Å². The number of carbonyl (C=O) groups is 2. The first-order valence-electron chi connectivity index (χ1n) is 6.73. The van der Waals surface area contributed by atoms with Crippen molar-refractivity contribution in [1.82, 2.24) is 4.90 Å². The molecule has 6 nitrogen and oxygen atoms in total. The van der Waals surface area contributed by atoms with Crippen LogP contribution in [-0.2, 0) is 25.6 Å². The summed E-state index contributed by atoms with van der Waals surface area (Å²) >= 11 is 0. The lowest BCUT2D eigenvalue weighted by Gasteiger charge is -2.23. The molecule has 2 N–H and O–H groups in total. The summed E-state index contributed by atoms with van der Waals surface area (Å²) in [6, 6.07) is 9.15. The number of rotatable bonds is 4. The molecule has 1 aliphatic heterocycles. The zero-order valence-electron chi connectivity index (χ0n) is 12.2. The Kier molecular flexibility index (Phi) is 4.59. The molecular formula is C15H20N2O4. The van der Waals surface area contributed by atoms with Crippen molar-refractivity contribution >= 4 is 11.9 Å². The summed E-state index contributed by atoms with van der Waals surface area (Å²) in [4.78, 5) is 25.7. The predicted molar refractivity (Wildman–Crippen MR) is 76.2 cm³/mol. The van der Waals surface area contributed by atoms with Gasteiger partial charge in [-0.1, -0.05) is 30.3 Å². The average Bonchev–Trinajstić information content (AvgIpc) is 2.84. The number of carbonyl (C=O) groups excluding carboxylic acids is 2. The minimum atomic E-state index is -1.18. The summed E-state index contributed by atoms with van der Waals surface area (Å²) in [5, 5.41) is 0. The highest BCUT2D eigenvalue weighted by atomic mass is 16.5. The van der Waals surface area contributed by atoms with Gasteiger partial charge in [0.2, 0.25) is 0 Å². The van der Waals surface area contributed by atoms with Crippen LogP contribution in [0.15, 0.2) is 30.3 Å². The molecule has 1 saturated heterocycles. The van der Waals surface area contributed by atoms with Gasteiger partial charge in [0, 0.05) is 19.5 Å². The number of nitrogens with two attached hydrogens (primary N) is 1. The van der Waals surface area contributed by atoms with Crippen LogP contribution in [-0.4, -0.2) is 49.2 Å². The van der Waals surface area contributed by atoms with Gasteiger partial charge in [-0.2, -0.15) is 0 Å². The second-order valence-corrected chi connectivity index (χ2v) is 5.28. The van der Waals surface area contributed by atoms with Gasteiger partial charge in [-0.3, -0.25) is 14.5 Å². The number of esters is 2. The molecule has 1 aromatic rings. The van der Waals surface area contributed by atoms with Crippen LogP contribution in [0.1, 0.15) is 12.0 Å². The number of nitrogens with zero attached hydrogens (tertiary/aromatic N) is 1. The van der Waals surface area contributed by atoms with E-state index < -0.39 is 17.6 Å². The Balaban J connectivity index is 2.20. The number of benzene rings is 1. The van der Waals surface area contributed by atoms with E-state index in [0.29, 0.717) is 6.54 Å². The summed E-state index contributed by atoms with van der Waals surface area (Å²) in [5.41, 5.74) is 5.98. The Labute approximate surface area is 123 Å². The van der Waals surface area contributed by atoms with Gasteiger partial charge in [0.05, 0.1) is 14.2 Å². The maximum absolute atomic E-state index is 11.9. The van der Waals surface area contributed by atoms with Crippen LogP contribution in [0.2, 0.25) is 0 Å². The maximum atomic E-state index is 11.9. The molecule has 0 saturated carbocycles. The van der Waals surface area contributed by atoms with Gasteiger partial charge in [0.1, 0.15) is 11.6 Å². The highest BCUT2D eigenvalue weighted by molar-refractivity contribution is 5.85. The third kappa shape index (κ3) is 3.22. The summed E-state index contributed by atoms with van der Waals surface area (Å²) in [5.74, 6) is -0.894. The van der Waals surface area contributed by atoms with Gasteiger partial charge in [-0.25, -0.2) is 0 Å². The summed E-state index contributed by atoms with van der Waals surface area (Å²) in [6.45, 7) is 0.783. The first-order valence-corrected chi connectivity index (χ1v) is 6.73. The zero-order valence-corrected chi connectivity index (χ0v) is 12.2. The maximum Gasteiger partial charge on any atom is 0.327 e. The average molecular weight is 292 g/mol. The molecule has 0 amide bonds. The third-order valence-electron chi connectivity index (χ3n) is 3.78. The molecule has 1 aliphatic rings. The van der Waals surface area contributed by atoms with Crippen molar-refractivity contribution in [3.05, 3.63) is 35.9 Å². The highest BCUT2D eigenvalue weighted by Gasteiger charge is 2.50. The Hall–Kier alpha value is -1.92. The molecule has 2 rings (SSSR count). The van der Waals surface area contributed by atoms with Crippen molar-refractivity contribution in [2.75, 3.05) is 20.8 Å². The van der Waals surface area contributed by atoms with Gasteiger partial charge < -0.3 is 15.2 Å². The van der Waals surface area contributed by atoms with Crippen molar-refractivity contribution in [3.8, 4) is 0 Å². The molecule has 1 aromatic carbocycles. The monoisotopic (exact) mass is 292 g/mol. The standard InChI is InChI=1S/C15H20N2O4/c1-20-13(18)12-8-15(16,14(19)21-2)10-17(12)9-11-6-4-3-5-7-11/h3-7,12H,8-10,16H2,1-2H3/t12-,15-/m1/s1. The Morgan fingerprint density at radius 1 is 1.29 bits per heavy atom. The Morgan fingerprint density at radius 3 is 2.52 bits per heavy atom. The summed E-state index contributed by atoms with van der Waals surface area (Å²) in [6.07, 6.45) is 0.194. The number of likely N-dealkylation sites (tertiary alicyclic amines) is 1. The molecule has 0 bridgehead atoms. The zero-order chi connectivity index (χ0) is 15.5. The van der Waals surface area contributed by atoms with Gasteiger partial charge >= 0.3 is 11.9 Å². The van der Waals surface area contributed by atoms with Gasteiger partial charge in [-0.15, -0.1) is 0 Å². The first kappa shape index (κ1) is 15.5. The molecule has 114 valence electrons. The minimum absolute atomic E-state index is 0.194. The molecule has 0 spiro atoms. The Morgan fingerprint density at radius 2 is 1.95 bits per heavy atom. The summed E-state index contributed by atoms with van der Waals surface area (Å²) < 4.78 is 9.58. The van der Waals surface area contributed by atoms with Crippen LogP contribution in [0.5, 0.6) is 0 Å². The van der Waals surface area contributed by atoms with E-state index in [-0.39, 0.29) is 18.9 Å². The molecule has 2 atom stereocenters. The van der Waals surface area contributed by atoms with Gasteiger partial charge in [-0.05, 0) is 5.56 Å². The second kappa shape index (κ2) is 6.24. The fraction of sp³-hybridized carbons (Fsp3) is 0.467. The van der Waals surface area contributed by atoms with E-state index >= 15 is 0 Å². The SMILES string of the molecule is COC(=O)[C@H]1C[C@](N)(C(=O)OC)CN1Cc1ccccc1. The van der Waals surface area contributed by atoms with E-state index in [0.717, 1.165) is 5.56 Å². The largest absolute Gasteiger partial charge is 0.468 e. The van der Waals surface area contributed by atoms with E-state index in [9.17, 15) is 9.59 Å². The van der Waals surface area contributed by atoms with E-state index in [1.807, 2.05) is 35.2 Å². The smallest absolute Gasteiger partial charge is 0.327 e. The summed E-state index contributed by atoms with van der Waals surface area (Å²) in [7, 11) is 2.63.